The van der Waals surface area contributed by atoms with Crippen LogP contribution in [0.3, 0.4) is 0 Å². The van der Waals surface area contributed by atoms with E-state index < -0.39 is 0 Å². The van der Waals surface area contributed by atoms with Crippen molar-refractivity contribution in [3.63, 3.8) is 0 Å². The number of nitrogens with one attached hydrogen (secondary N) is 3. The third kappa shape index (κ3) is 4.04. The molecular weight excluding hydrogens is 266 g/mol. The van der Waals surface area contributed by atoms with E-state index in [2.05, 4.69) is 22.9 Å². The smallest absolute Gasteiger partial charge is 0.251 e. The van der Waals surface area contributed by atoms with Gasteiger partial charge < -0.3 is 16.0 Å². The quantitative estimate of drug-likeness (QED) is 0.789. The SMILES string of the molecule is CC(C)NC(=O)c1ccc(NC(=O)C2CNCC2C)cc1. The maximum absolute atomic E-state index is 12.2. The molecule has 2 atom stereocenters. The lowest BCUT2D eigenvalue weighted by Gasteiger charge is -2.14. The van der Waals surface area contributed by atoms with E-state index in [9.17, 15) is 9.59 Å². The van der Waals surface area contributed by atoms with Gasteiger partial charge in [0, 0.05) is 23.8 Å². The number of hydrogen-bond donors (Lipinski definition) is 3. The zero-order valence-corrected chi connectivity index (χ0v) is 12.8. The lowest BCUT2D eigenvalue weighted by atomic mass is 9.97. The van der Waals surface area contributed by atoms with E-state index >= 15 is 0 Å². The topological polar surface area (TPSA) is 70.2 Å². The maximum Gasteiger partial charge on any atom is 0.251 e. The van der Waals surface area contributed by atoms with Gasteiger partial charge in [0.05, 0.1) is 5.92 Å². The predicted molar refractivity (Wildman–Crippen MR) is 83.2 cm³/mol. The van der Waals surface area contributed by atoms with E-state index in [1.807, 2.05) is 13.8 Å². The van der Waals surface area contributed by atoms with Gasteiger partial charge in [0.15, 0.2) is 0 Å². The maximum atomic E-state index is 12.2. The second-order valence-electron chi connectivity index (χ2n) is 5.94. The van der Waals surface area contributed by atoms with Crippen molar-refractivity contribution < 1.29 is 9.59 Å². The Bertz CT molecular complexity index is 511. The van der Waals surface area contributed by atoms with E-state index in [-0.39, 0.29) is 23.8 Å². The van der Waals surface area contributed by atoms with Crippen molar-refractivity contribution >= 4 is 17.5 Å². The molecule has 1 aliphatic heterocycles. The zero-order valence-electron chi connectivity index (χ0n) is 12.8. The second-order valence-corrected chi connectivity index (χ2v) is 5.94. The van der Waals surface area contributed by atoms with E-state index in [0.29, 0.717) is 11.5 Å². The van der Waals surface area contributed by atoms with Gasteiger partial charge in [-0.2, -0.15) is 0 Å². The summed E-state index contributed by atoms with van der Waals surface area (Å²) in [5.41, 5.74) is 1.32. The molecule has 1 aromatic carbocycles. The average Bonchev–Trinajstić information content (AvgIpc) is 2.85. The van der Waals surface area contributed by atoms with E-state index in [0.717, 1.165) is 18.8 Å². The van der Waals surface area contributed by atoms with Crippen molar-refractivity contribution in [2.45, 2.75) is 26.8 Å². The first-order valence-electron chi connectivity index (χ1n) is 7.40. The molecule has 0 saturated carbocycles. The normalized spacial score (nSPS) is 21.3. The van der Waals surface area contributed by atoms with Crippen LogP contribution < -0.4 is 16.0 Å². The molecule has 0 aromatic heterocycles. The summed E-state index contributed by atoms with van der Waals surface area (Å²) in [6.07, 6.45) is 0. The minimum Gasteiger partial charge on any atom is -0.350 e. The van der Waals surface area contributed by atoms with Gasteiger partial charge >= 0.3 is 0 Å². The van der Waals surface area contributed by atoms with Gasteiger partial charge in [-0.05, 0) is 50.6 Å². The van der Waals surface area contributed by atoms with E-state index in [4.69, 9.17) is 0 Å². The van der Waals surface area contributed by atoms with E-state index in [1.165, 1.54) is 0 Å². The van der Waals surface area contributed by atoms with Crippen LogP contribution in [0, 0.1) is 11.8 Å². The minimum atomic E-state index is -0.100. The Kier molecular flexibility index (Phi) is 4.96. The molecule has 1 heterocycles. The minimum absolute atomic E-state index is 0.00826. The molecule has 1 fully saturated rings. The summed E-state index contributed by atoms with van der Waals surface area (Å²) in [5.74, 6) is 0.290. The summed E-state index contributed by atoms with van der Waals surface area (Å²) in [6, 6.07) is 7.08. The van der Waals surface area contributed by atoms with Crippen molar-refractivity contribution in [1.29, 1.82) is 0 Å². The Hall–Kier alpha value is -1.88. The molecule has 1 aliphatic rings. The highest BCUT2D eigenvalue weighted by Gasteiger charge is 2.29. The highest BCUT2D eigenvalue weighted by molar-refractivity contribution is 5.96. The van der Waals surface area contributed by atoms with E-state index in [1.54, 1.807) is 24.3 Å². The molecule has 2 rings (SSSR count). The summed E-state index contributed by atoms with van der Waals surface area (Å²) >= 11 is 0. The standard InChI is InChI=1S/C16H23N3O2/c1-10(2)18-15(20)12-4-6-13(7-5-12)19-16(21)14-9-17-8-11(14)3/h4-7,10-11,14,17H,8-9H2,1-3H3,(H,18,20)(H,19,21). The molecule has 1 aromatic rings. The molecule has 114 valence electrons. The van der Waals surface area contributed by atoms with Gasteiger partial charge in [0.25, 0.3) is 5.91 Å². The van der Waals surface area contributed by atoms with Crippen LogP contribution in [-0.2, 0) is 4.79 Å². The van der Waals surface area contributed by atoms with Gasteiger partial charge in [-0.25, -0.2) is 0 Å². The Labute approximate surface area is 125 Å². The Morgan fingerprint density at radius 2 is 1.86 bits per heavy atom. The van der Waals surface area contributed by atoms with Crippen LogP contribution in [0.1, 0.15) is 31.1 Å². The van der Waals surface area contributed by atoms with Crippen LogP contribution in [-0.4, -0.2) is 30.9 Å². The molecule has 21 heavy (non-hydrogen) atoms. The lowest BCUT2D eigenvalue weighted by molar-refractivity contribution is -0.120. The van der Waals surface area contributed by atoms with Crippen LogP contribution in [0.15, 0.2) is 24.3 Å². The molecule has 2 amide bonds. The fourth-order valence-electron chi connectivity index (χ4n) is 2.45. The Balaban J connectivity index is 1.96. The van der Waals surface area contributed by atoms with Gasteiger partial charge in [-0.3, -0.25) is 9.59 Å². The highest BCUT2D eigenvalue weighted by Crippen LogP contribution is 2.18. The largest absolute Gasteiger partial charge is 0.350 e. The molecule has 0 bridgehead atoms. The third-order valence-corrected chi connectivity index (χ3v) is 3.69. The number of carbonyl (C=O) groups is 2. The Morgan fingerprint density at radius 3 is 2.38 bits per heavy atom. The number of amides is 2. The van der Waals surface area contributed by atoms with Crippen molar-refractivity contribution in [2.75, 3.05) is 18.4 Å². The Morgan fingerprint density at radius 1 is 1.19 bits per heavy atom. The first-order valence-corrected chi connectivity index (χ1v) is 7.40. The molecule has 0 radical (unpaired) electrons. The van der Waals surface area contributed by atoms with Gasteiger partial charge in [-0.15, -0.1) is 0 Å². The highest BCUT2D eigenvalue weighted by atomic mass is 16.2. The van der Waals surface area contributed by atoms with Crippen LogP contribution in [0.25, 0.3) is 0 Å². The van der Waals surface area contributed by atoms with Crippen molar-refractivity contribution in [1.82, 2.24) is 10.6 Å². The summed E-state index contributed by atoms with van der Waals surface area (Å²) in [7, 11) is 0. The fraction of sp³-hybridized carbons (Fsp3) is 0.500. The van der Waals surface area contributed by atoms with Crippen molar-refractivity contribution in [2.24, 2.45) is 11.8 Å². The average molecular weight is 289 g/mol. The van der Waals surface area contributed by atoms with Gasteiger partial charge in [0.2, 0.25) is 5.91 Å². The van der Waals surface area contributed by atoms with Gasteiger partial charge in [-0.1, -0.05) is 6.92 Å². The summed E-state index contributed by atoms with van der Waals surface area (Å²) in [4.78, 5) is 24.0. The zero-order chi connectivity index (χ0) is 15.4. The summed E-state index contributed by atoms with van der Waals surface area (Å²) in [5, 5.41) is 8.96. The van der Waals surface area contributed by atoms with Crippen molar-refractivity contribution in [3.05, 3.63) is 29.8 Å². The molecule has 1 saturated heterocycles. The molecular formula is C16H23N3O2. The van der Waals surface area contributed by atoms with Gasteiger partial charge in [0.1, 0.15) is 0 Å². The third-order valence-electron chi connectivity index (χ3n) is 3.69. The van der Waals surface area contributed by atoms with Crippen LogP contribution >= 0.6 is 0 Å². The number of hydrogen-bond acceptors (Lipinski definition) is 3. The van der Waals surface area contributed by atoms with Crippen LogP contribution in [0.4, 0.5) is 5.69 Å². The van der Waals surface area contributed by atoms with Crippen LogP contribution in [0.2, 0.25) is 0 Å². The number of benzene rings is 1. The molecule has 5 heteroatoms. The first-order chi connectivity index (χ1) is 9.97. The first kappa shape index (κ1) is 15.5. The van der Waals surface area contributed by atoms with Crippen molar-refractivity contribution in [3.8, 4) is 0 Å². The summed E-state index contributed by atoms with van der Waals surface area (Å²) < 4.78 is 0. The predicted octanol–water partition coefficient (Wildman–Crippen LogP) is 1.62. The molecule has 2 unspecified atom stereocenters. The summed E-state index contributed by atoms with van der Waals surface area (Å²) in [6.45, 7) is 7.52. The molecule has 0 aliphatic carbocycles. The number of anilines is 1. The fourth-order valence-corrected chi connectivity index (χ4v) is 2.45. The van der Waals surface area contributed by atoms with Crippen LogP contribution in [0.5, 0.6) is 0 Å². The molecule has 0 spiro atoms. The monoisotopic (exact) mass is 289 g/mol. The number of rotatable bonds is 4. The lowest BCUT2D eigenvalue weighted by Crippen LogP contribution is -2.30. The molecule has 3 N–H and O–H groups in total. The molecule has 5 nitrogen and oxygen atoms in total. The second kappa shape index (κ2) is 6.72. The number of carbonyl (C=O) groups excluding carboxylic acids is 2.